The van der Waals surface area contributed by atoms with Crippen LogP contribution in [0, 0.1) is 5.95 Å². The van der Waals surface area contributed by atoms with Crippen molar-refractivity contribution in [1.29, 1.82) is 0 Å². The van der Waals surface area contributed by atoms with Gasteiger partial charge < -0.3 is 4.74 Å². The number of halogens is 1. The Kier molecular flexibility index (Phi) is 2.24. The Balaban J connectivity index is 2.80. The number of methoxy groups -OCH3 is 1. The molecule has 10 heteroatoms. The minimum atomic E-state index is -4.05. The van der Waals surface area contributed by atoms with Crippen molar-refractivity contribution < 1.29 is 17.5 Å². The summed E-state index contributed by atoms with van der Waals surface area (Å²) in [5, 5.41) is 7.74. The first-order valence-electron chi connectivity index (χ1n) is 3.92. The van der Waals surface area contributed by atoms with E-state index >= 15 is 0 Å². The molecule has 16 heavy (non-hydrogen) atoms. The average Bonchev–Trinajstić information content (AvgIpc) is 2.59. The van der Waals surface area contributed by atoms with Crippen molar-refractivity contribution >= 4 is 15.7 Å². The first-order chi connectivity index (χ1) is 7.41. The minimum Gasteiger partial charge on any atom is -0.467 e. The number of sulfonamides is 1. The van der Waals surface area contributed by atoms with Crippen LogP contribution >= 0.6 is 0 Å². The van der Waals surface area contributed by atoms with Gasteiger partial charge in [-0.1, -0.05) is 0 Å². The molecule has 0 saturated heterocycles. The van der Waals surface area contributed by atoms with Crippen LogP contribution in [0.4, 0.5) is 4.39 Å². The molecule has 0 aliphatic carbocycles. The van der Waals surface area contributed by atoms with E-state index < -0.39 is 21.1 Å². The van der Waals surface area contributed by atoms with Crippen molar-refractivity contribution in [3.63, 3.8) is 0 Å². The first-order valence-corrected chi connectivity index (χ1v) is 5.46. The van der Waals surface area contributed by atoms with Crippen LogP contribution in [-0.4, -0.2) is 35.1 Å². The van der Waals surface area contributed by atoms with Crippen LogP contribution in [0.15, 0.2) is 11.2 Å². The minimum absolute atomic E-state index is 0.0617. The van der Waals surface area contributed by atoms with Gasteiger partial charge in [-0.3, -0.25) is 0 Å². The van der Waals surface area contributed by atoms with Crippen molar-refractivity contribution in [2.45, 2.75) is 5.16 Å². The van der Waals surface area contributed by atoms with Gasteiger partial charge in [0.2, 0.25) is 5.95 Å². The van der Waals surface area contributed by atoms with Gasteiger partial charge in [-0.15, -0.1) is 5.10 Å². The second-order valence-corrected chi connectivity index (χ2v) is 4.23. The second-order valence-electron chi connectivity index (χ2n) is 2.77. The lowest BCUT2D eigenvalue weighted by atomic mass is 10.6. The normalized spacial score (nSPS) is 11.9. The molecule has 8 nitrogen and oxygen atoms in total. The van der Waals surface area contributed by atoms with Crippen LogP contribution < -0.4 is 9.88 Å². The molecule has 0 aliphatic rings. The predicted molar refractivity (Wildman–Crippen MR) is 48.7 cm³/mol. The van der Waals surface area contributed by atoms with E-state index in [9.17, 15) is 12.8 Å². The summed E-state index contributed by atoms with van der Waals surface area (Å²) in [6.45, 7) is 0. The Morgan fingerprint density at radius 2 is 2.19 bits per heavy atom. The zero-order valence-corrected chi connectivity index (χ0v) is 8.77. The standard InChI is InChI=1S/C6H6FN5O3S/c1-15-6-9-3(7)2-4-10-5(11-12(4)6)16(8,13)14/h2H,1H3,(H2,8,13,14). The number of nitrogens with zero attached hydrogens (tertiary/aromatic N) is 4. The van der Waals surface area contributed by atoms with Crippen molar-refractivity contribution in [3.05, 3.63) is 12.0 Å². The lowest BCUT2D eigenvalue weighted by molar-refractivity contribution is 0.356. The van der Waals surface area contributed by atoms with Crippen LogP contribution in [0.1, 0.15) is 0 Å². The number of hydrogen-bond acceptors (Lipinski definition) is 6. The smallest absolute Gasteiger partial charge is 0.322 e. The van der Waals surface area contributed by atoms with Gasteiger partial charge in [-0.05, 0) is 0 Å². The third-order valence-electron chi connectivity index (χ3n) is 1.68. The highest BCUT2D eigenvalue weighted by Gasteiger charge is 2.18. The van der Waals surface area contributed by atoms with Gasteiger partial charge in [-0.2, -0.15) is 18.9 Å². The molecule has 2 aromatic rings. The molecule has 0 saturated carbocycles. The van der Waals surface area contributed by atoms with E-state index in [0.29, 0.717) is 0 Å². The topological polar surface area (TPSA) is 112 Å². The second kappa shape index (κ2) is 3.35. The van der Waals surface area contributed by atoms with Gasteiger partial charge >= 0.3 is 6.01 Å². The van der Waals surface area contributed by atoms with E-state index in [1.807, 2.05) is 0 Å². The molecule has 0 amide bonds. The summed E-state index contributed by atoms with van der Waals surface area (Å²) in [5.41, 5.74) is -0.0617. The zero-order chi connectivity index (χ0) is 11.9. The zero-order valence-electron chi connectivity index (χ0n) is 7.95. The SMILES string of the molecule is COc1nc(F)cc2nc(S(N)(=O)=O)nn12. The predicted octanol–water partition coefficient (Wildman–Crippen LogP) is -1.08. The highest BCUT2D eigenvalue weighted by molar-refractivity contribution is 7.89. The number of ether oxygens (including phenoxy) is 1. The Bertz CT molecular complexity index is 651. The van der Waals surface area contributed by atoms with Crippen molar-refractivity contribution in [2.75, 3.05) is 7.11 Å². The summed E-state index contributed by atoms with van der Waals surface area (Å²) < 4.78 is 40.5. The highest BCUT2D eigenvalue weighted by Crippen LogP contribution is 2.12. The highest BCUT2D eigenvalue weighted by atomic mass is 32.2. The molecule has 2 N–H and O–H groups in total. The Labute approximate surface area is 88.9 Å². The third kappa shape index (κ3) is 1.67. The van der Waals surface area contributed by atoms with Gasteiger partial charge in [0.1, 0.15) is 0 Å². The number of primary sulfonamides is 1. The molecule has 0 aliphatic heterocycles. The molecule has 0 spiro atoms. The van der Waals surface area contributed by atoms with E-state index in [1.54, 1.807) is 0 Å². The molecule has 0 unspecified atom stereocenters. The Morgan fingerprint density at radius 1 is 1.50 bits per heavy atom. The maximum Gasteiger partial charge on any atom is 0.322 e. The molecular formula is C6H6FN5O3S. The van der Waals surface area contributed by atoms with Gasteiger partial charge in [0.25, 0.3) is 15.2 Å². The molecule has 0 aromatic carbocycles. The maximum absolute atomic E-state index is 12.9. The third-order valence-corrected chi connectivity index (χ3v) is 2.36. The number of rotatable bonds is 2. The van der Waals surface area contributed by atoms with E-state index in [-0.39, 0.29) is 11.7 Å². The fraction of sp³-hybridized carbons (Fsp3) is 0.167. The van der Waals surface area contributed by atoms with E-state index in [1.165, 1.54) is 7.11 Å². The number of aromatic nitrogens is 4. The van der Waals surface area contributed by atoms with E-state index in [2.05, 4.69) is 15.1 Å². The fourth-order valence-electron chi connectivity index (χ4n) is 1.07. The summed E-state index contributed by atoms with van der Waals surface area (Å²) in [5.74, 6) is -0.863. The molecule has 0 atom stereocenters. The molecular weight excluding hydrogens is 241 g/mol. The van der Waals surface area contributed by atoms with Crippen LogP contribution in [0.25, 0.3) is 5.65 Å². The van der Waals surface area contributed by atoms with Crippen LogP contribution in [-0.2, 0) is 10.0 Å². The molecule has 0 fully saturated rings. The average molecular weight is 247 g/mol. The molecule has 86 valence electrons. The Hall–Kier alpha value is -1.81. The largest absolute Gasteiger partial charge is 0.467 e. The summed E-state index contributed by atoms with van der Waals surface area (Å²) >= 11 is 0. The summed E-state index contributed by atoms with van der Waals surface area (Å²) in [6.07, 6.45) is 0. The Morgan fingerprint density at radius 3 is 2.75 bits per heavy atom. The summed E-state index contributed by atoms with van der Waals surface area (Å²) in [6, 6.07) is 0.682. The number of nitrogens with two attached hydrogens (primary N) is 1. The van der Waals surface area contributed by atoms with Gasteiger partial charge in [0.15, 0.2) is 5.65 Å². The summed E-state index contributed by atoms with van der Waals surface area (Å²) in [4.78, 5) is 6.88. The van der Waals surface area contributed by atoms with Crippen molar-refractivity contribution in [2.24, 2.45) is 5.14 Å². The molecule has 0 bridgehead atoms. The first kappa shape index (κ1) is 10.7. The summed E-state index contributed by atoms with van der Waals surface area (Å²) in [7, 11) is -2.82. The molecule has 2 heterocycles. The fourth-order valence-corrected chi connectivity index (χ4v) is 1.49. The van der Waals surface area contributed by atoms with Gasteiger partial charge in [0, 0.05) is 6.07 Å². The lowest BCUT2D eigenvalue weighted by Crippen LogP contribution is -2.14. The molecule has 0 radical (unpaired) electrons. The molecule has 2 aromatic heterocycles. The maximum atomic E-state index is 12.9. The van der Waals surface area contributed by atoms with Gasteiger partial charge in [-0.25, -0.2) is 13.6 Å². The van der Waals surface area contributed by atoms with Crippen LogP contribution in [0.5, 0.6) is 6.01 Å². The lowest BCUT2D eigenvalue weighted by Gasteiger charge is -1.99. The number of hydrogen-bond donors (Lipinski definition) is 1. The van der Waals surface area contributed by atoms with Crippen LogP contribution in [0.2, 0.25) is 0 Å². The van der Waals surface area contributed by atoms with Crippen LogP contribution in [0.3, 0.4) is 0 Å². The van der Waals surface area contributed by atoms with E-state index in [0.717, 1.165) is 10.6 Å². The quantitative estimate of drug-likeness (QED) is 0.675. The van der Waals surface area contributed by atoms with Crippen molar-refractivity contribution in [1.82, 2.24) is 19.6 Å². The van der Waals surface area contributed by atoms with E-state index in [4.69, 9.17) is 9.88 Å². The van der Waals surface area contributed by atoms with Crippen molar-refractivity contribution in [3.8, 4) is 6.01 Å². The monoisotopic (exact) mass is 247 g/mol. The molecule has 2 rings (SSSR count). The number of fused-ring (bicyclic) bond motifs is 1. The van der Waals surface area contributed by atoms with Gasteiger partial charge in [0.05, 0.1) is 7.11 Å².